The molecule has 2 N–H and O–H groups in total. The van der Waals surface area contributed by atoms with E-state index in [4.69, 9.17) is 48.1 Å². The van der Waals surface area contributed by atoms with Crippen molar-refractivity contribution in [2.24, 2.45) is 0 Å². The number of ether oxygens (including phenoxy) is 3. The van der Waals surface area contributed by atoms with Gasteiger partial charge in [-0.2, -0.15) is 0 Å². The number of nitrogens with zero attached hydrogens (tertiary/aromatic N) is 4. The highest BCUT2D eigenvalue weighted by atomic mass is 35.5. The van der Waals surface area contributed by atoms with Gasteiger partial charge in [-0.25, -0.2) is 19.2 Å². The number of carbonyl (C=O) groups is 1. The van der Waals surface area contributed by atoms with Crippen molar-refractivity contribution < 1.29 is 23.4 Å². The molecule has 2 aromatic heterocycles. The first-order valence-electron chi connectivity index (χ1n) is 13.7. The first kappa shape index (κ1) is 31.4. The van der Waals surface area contributed by atoms with Crippen LogP contribution >= 0.6 is 23.2 Å². The number of rotatable bonds is 7. The first-order chi connectivity index (χ1) is 19.8. The van der Waals surface area contributed by atoms with Crippen LogP contribution in [0.5, 0.6) is 11.5 Å². The number of nitrogens with two attached hydrogens (primary N) is 1. The quantitative estimate of drug-likeness (QED) is 0.278. The molecule has 1 aromatic carbocycles. The summed E-state index contributed by atoms with van der Waals surface area (Å²) in [7, 11) is 0. The zero-order valence-electron chi connectivity index (χ0n) is 24.6. The highest BCUT2D eigenvalue weighted by Crippen LogP contribution is 2.39. The molecule has 42 heavy (non-hydrogen) atoms. The van der Waals surface area contributed by atoms with Gasteiger partial charge in [-0.1, -0.05) is 23.2 Å². The number of nitrogen functional groups attached to an aromatic ring is 1. The molecule has 1 fully saturated rings. The summed E-state index contributed by atoms with van der Waals surface area (Å²) in [5.41, 5.74) is 7.24. The van der Waals surface area contributed by atoms with Crippen LogP contribution in [0.4, 0.5) is 20.8 Å². The molecule has 12 heteroatoms. The van der Waals surface area contributed by atoms with E-state index in [0.29, 0.717) is 48.7 Å². The topological polar surface area (TPSA) is 103 Å². The van der Waals surface area contributed by atoms with Gasteiger partial charge in [0, 0.05) is 65.8 Å². The first-order valence-corrected chi connectivity index (χ1v) is 14.5. The van der Waals surface area contributed by atoms with Crippen LogP contribution in [-0.2, 0) is 4.74 Å². The van der Waals surface area contributed by atoms with E-state index in [2.05, 4.69) is 9.88 Å². The Morgan fingerprint density at radius 2 is 1.90 bits per heavy atom. The molecule has 1 amide bonds. The van der Waals surface area contributed by atoms with Gasteiger partial charge in [0.05, 0.1) is 11.6 Å². The van der Waals surface area contributed by atoms with Gasteiger partial charge < -0.3 is 29.7 Å². The third kappa shape index (κ3) is 7.10. The van der Waals surface area contributed by atoms with Gasteiger partial charge in [-0.05, 0) is 59.7 Å². The minimum absolute atomic E-state index is 0.000229. The predicted molar refractivity (Wildman–Crippen MR) is 163 cm³/mol. The Kier molecular flexibility index (Phi) is 9.57. The number of hydrogen-bond acceptors (Lipinski definition) is 8. The average Bonchev–Trinajstić information content (AvgIpc) is 2.91. The standard InChI is InChI=1S/C30H36Cl2FN5O4/c1-7-40-23-13-25(38-11-10-37(16-17(38)2)29(39)42-30(4,5)6)35-15-20(23)19-12-24(28(34)36-14-19)41-18(3)26-21(31)8-9-22(33)27(26)32/h8-9,12-15,17-18H,7,10-11,16H2,1-6H3,(H2,34,36)/t17-,18+/m0/s1. The van der Waals surface area contributed by atoms with Crippen molar-refractivity contribution in [2.45, 2.75) is 59.3 Å². The molecule has 4 rings (SSSR count). The number of anilines is 2. The van der Waals surface area contributed by atoms with Crippen LogP contribution < -0.4 is 20.1 Å². The number of pyridine rings is 2. The largest absolute Gasteiger partial charge is 0.493 e. The van der Waals surface area contributed by atoms with Crippen LogP contribution in [0.2, 0.25) is 10.0 Å². The smallest absolute Gasteiger partial charge is 0.410 e. The van der Waals surface area contributed by atoms with Gasteiger partial charge in [0.15, 0.2) is 11.6 Å². The highest BCUT2D eigenvalue weighted by molar-refractivity contribution is 6.36. The van der Waals surface area contributed by atoms with E-state index < -0.39 is 17.5 Å². The third-order valence-corrected chi connectivity index (χ3v) is 7.42. The van der Waals surface area contributed by atoms with Crippen molar-refractivity contribution in [2.75, 3.05) is 36.9 Å². The molecular formula is C30H36Cl2FN5O4. The Bertz CT molecular complexity index is 1450. The number of aromatic nitrogens is 2. The molecule has 1 aliphatic heterocycles. The molecule has 9 nitrogen and oxygen atoms in total. The SMILES string of the molecule is CCOc1cc(N2CCN(C(=O)OC(C)(C)C)C[C@@H]2C)ncc1-c1cnc(N)c(O[C@H](C)c2c(Cl)ccc(F)c2Cl)c1. The van der Waals surface area contributed by atoms with Crippen molar-refractivity contribution in [3.05, 3.63) is 58.1 Å². The van der Waals surface area contributed by atoms with E-state index in [0.717, 1.165) is 5.82 Å². The van der Waals surface area contributed by atoms with E-state index in [-0.39, 0.29) is 33.7 Å². The Hall–Kier alpha value is -3.50. The normalized spacial score (nSPS) is 16.3. The van der Waals surface area contributed by atoms with Gasteiger partial charge in [0.2, 0.25) is 0 Å². The predicted octanol–water partition coefficient (Wildman–Crippen LogP) is 7.16. The maximum Gasteiger partial charge on any atom is 0.410 e. The fourth-order valence-electron chi connectivity index (χ4n) is 4.73. The Balaban J connectivity index is 1.58. The van der Waals surface area contributed by atoms with Gasteiger partial charge in [-0.15, -0.1) is 0 Å². The summed E-state index contributed by atoms with van der Waals surface area (Å²) < 4.78 is 31.7. The number of halogens is 3. The molecule has 0 saturated carbocycles. The Morgan fingerprint density at radius 1 is 1.17 bits per heavy atom. The number of carbonyl (C=O) groups excluding carboxylic acids is 1. The Labute approximate surface area is 255 Å². The summed E-state index contributed by atoms with van der Waals surface area (Å²) in [4.78, 5) is 25.5. The van der Waals surface area contributed by atoms with Crippen LogP contribution in [0, 0.1) is 5.82 Å². The maximum absolute atomic E-state index is 14.1. The molecule has 0 spiro atoms. The second kappa shape index (κ2) is 12.8. The fourth-order valence-corrected chi connectivity index (χ4v) is 5.41. The number of benzene rings is 1. The molecule has 0 bridgehead atoms. The van der Waals surface area contributed by atoms with Crippen LogP contribution in [0.1, 0.15) is 53.2 Å². The summed E-state index contributed by atoms with van der Waals surface area (Å²) in [6, 6.07) is 6.23. The summed E-state index contributed by atoms with van der Waals surface area (Å²) in [5, 5.41) is 0.161. The van der Waals surface area contributed by atoms with E-state index >= 15 is 0 Å². The van der Waals surface area contributed by atoms with E-state index in [1.54, 1.807) is 30.3 Å². The van der Waals surface area contributed by atoms with Crippen molar-refractivity contribution in [3.8, 4) is 22.6 Å². The zero-order valence-corrected chi connectivity index (χ0v) is 26.1. The molecule has 3 aromatic rings. The van der Waals surface area contributed by atoms with Crippen molar-refractivity contribution >= 4 is 40.9 Å². The minimum Gasteiger partial charge on any atom is -0.493 e. The van der Waals surface area contributed by atoms with Gasteiger partial charge in [0.1, 0.15) is 29.1 Å². The van der Waals surface area contributed by atoms with Crippen molar-refractivity contribution in [3.63, 3.8) is 0 Å². The van der Waals surface area contributed by atoms with Gasteiger partial charge >= 0.3 is 6.09 Å². The minimum atomic E-state index is -0.715. The van der Waals surface area contributed by atoms with Gasteiger partial charge in [0.25, 0.3) is 0 Å². The summed E-state index contributed by atoms with van der Waals surface area (Å²) in [6.07, 6.45) is 2.29. The Morgan fingerprint density at radius 3 is 2.57 bits per heavy atom. The van der Waals surface area contributed by atoms with E-state index in [1.807, 2.05) is 40.7 Å². The average molecular weight is 621 g/mol. The van der Waals surface area contributed by atoms with Crippen molar-refractivity contribution in [1.82, 2.24) is 14.9 Å². The maximum atomic E-state index is 14.1. The highest BCUT2D eigenvalue weighted by Gasteiger charge is 2.31. The molecule has 1 aliphatic rings. The number of piperazine rings is 1. The summed E-state index contributed by atoms with van der Waals surface area (Å²) in [6.45, 7) is 13.2. The van der Waals surface area contributed by atoms with Crippen LogP contribution in [0.25, 0.3) is 11.1 Å². The lowest BCUT2D eigenvalue weighted by Gasteiger charge is -2.40. The van der Waals surface area contributed by atoms with E-state index in [1.165, 1.54) is 12.1 Å². The van der Waals surface area contributed by atoms with Crippen molar-refractivity contribution in [1.29, 1.82) is 0 Å². The third-order valence-electron chi connectivity index (χ3n) is 6.71. The van der Waals surface area contributed by atoms with Crippen LogP contribution in [0.3, 0.4) is 0 Å². The number of hydrogen-bond donors (Lipinski definition) is 1. The molecule has 0 radical (unpaired) electrons. The molecule has 0 unspecified atom stereocenters. The monoisotopic (exact) mass is 619 g/mol. The molecule has 1 saturated heterocycles. The summed E-state index contributed by atoms with van der Waals surface area (Å²) >= 11 is 12.5. The lowest BCUT2D eigenvalue weighted by molar-refractivity contribution is 0.0218. The number of amides is 1. The molecule has 3 heterocycles. The zero-order chi connectivity index (χ0) is 30.8. The lowest BCUT2D eigenvalue weighted by Crippen LogP contribution is -2.54. The molecule has 2 atom stereocenters. The lowest BCUT2D eigenvalue weighted by atomic mass is 10.1. The second-order valence-electron chi connectivity index (χ2n) is 11.1. The van der Waals surface area contributed by atoms with Gasteiger partial charge in [-0.3, -0.25) is 0 Å². The molecule has 226 valence electrons. The summed E-state index contributed by atoms with van der Waals surface area (Å²) in [5.74, 6) is 1.15. The molecular weight excluding hydrogens is 584 g/mol. The fraction of sp³-hybridized carbons (Fsp3) is 0.433. The van der Waals surface area contributed by atoms with Crippen LogP contribution in [0.15, 0.2) is 36.7 Å². The van der Waals surface area contributed by atoms with E-state index in [9.17, 15) is 9.18 Å². The van der Waals surface area contributed by atoms with Crippen LogP contribution in [-0.4, -0.2) is 58.8 Å². The molecule has 0 aliphatic carbocycles. The second-order valence-corrected chi connectivity index (χ2v) is 11.8.